The monoisotopic (exact) mass is 272 g/mol. The molecule has 2 rings (SSSR count). The molecule has 1 aliphatic rings. The van der Waals surface area contributed by atoms with E-state index in [2.05, 4.69) is 24.1 Å². The van der Waals surface area contributed by atoms with Crippen molar-refractivity contribution in [2.75, 3.05) is 18.5 Å². The van der Waals surface area contributed by atoms with E-state index in [0.717, 1.165) is 17.8 Å². The zero-order valence-corrected chi connectivity index (χ0v) is 11.4. The first-order valence-corrected chi connectivity index (χ1v) is 6.47. The van der Waals surface area contributed by atoms with Crippen LogP contribution in [0, 0.1) is 0 Å². The van der Waals surface area contributed by atoms with E-state index in [1.165, 1.54) is 12.1 Å². The molecule has 0 amide bonds. The van der Waals surface area contributed by atoms with Crippen molar-refractivity contribution in [1.82, 2.24) is 5.32 Å². The molecule has 1 heterocycles. The predicted molar refractivity (Wildman–Crippen MR) is 70.5 cm³/mol. The molecule has 0 saturated carbocycles. The van der Waals surface area contributed by atoms with Crippen molar-refractivity contribution in [2.45, 2.75) is 38.5 Å². The smallest absolute Gasteiger partial charge is 0.364 e. The lowest BCUT2D eigenvalue weighted by molar-refractivity contribution is -0.137. The number of alkyl halides is 3. The van der Waals surface area contributed by atoms with Crippen LogP contribution in [-0.4, -0.2) is 25.7 Å². The van der Waals surface area contributed by atoms with Gasteiger partial charge in [-0.15, -0.1) is 0 Å². The third kappa shape index (κ3) is 2.71. The Bertz CT molecular complexity index is 454. The van der Waals surface area contributed by atoms with Crippen molar-refractivity contribution in [1.29, 1.82) is 0 Å². The van der Waals surface area contributed by atoms with E-state index in [0.29, 0.717) is 6.42 Å². The first-order valence-electron chi connectivity index (χ1n) is 6.47. The summed E-state index contributed by atoms with van der Waals surface area (Å²) in [4.78, 5) is 2.20. The Balaban J connectivity index is 2.37. The molecule has 1 N–H and O–H groups in total. The minimum Gasteiger partial charge on any atom is -0.364 e. The van der Waals surface area contributed by atoms with Gasteiger partial charge in [0.15, 0.2) is 0 Å². The molecule has 0 fully saturated rings. The maximum Gasteiger partial charge on any atom is 0.416 e. The summed E-state index contributed by atoms with van der Waals surface area (Å²) in [5.41, 5.74) is 1.17. The highest BCUT2D eigenvalue weighted by Gasteiger charge is 2.35. The van der Waals surface area contributed by atoms with Crippen molar-refractivity contribution in [3.8, 4) is 0 Å². The maximum absolute atomic E-state index is 12.7. The molecular formula is C14H19F3N2. The molecule has 0 bridgehead atoms. The highest BCUT2D eigenvalue weighted by Crippen LogP contribution is 2.38. The molecule has 0 spiro atoms. The minimum absolute atomic E-state index is 0.225. The number of rotatable bonds is 3. The molecule has 0 radical (unpaired) electrons. The summed E-state index contributed by atoms with van der Waals surface area (Å²) in [6.07, 6.45) is -3.60. The van der Waals surface area contributed by atoms with E-state index in [1.54, 1.807) is 6.07 Å². The lowest BCUT2D eigenvalue weighted by atomic mass is 10.1. The number of likely N-dealkylation sites (N-methyl/N-ethyl adjacent to an activating group) is 1. The fourth-order valence-corrected chi connectivity index (χ4v) is 2.83. The predicted octanol–water partition coefficient (Wildman–Crippen LogP) is 3.06. The number of benzene rings is 1. The fourth-order valence-electron chi connectivity index (χ4n) is 2.83. The summed E-state index contributed by atoms with van der Waals surface area (Å²) in [6.45, 7) is 4.90. The number of fused-ring (bicyclic) bond motifs is 1. The van der Waals surface area contributed by atoms with Gasteiger partial charge in [0, 0.05) is 24.3 Å². The summed E-state index contributed by atoms with van der Waals surface area (Å²) in [6, 6.07) is 4.57. The molecule has 1 aliphatic heterocycles. The van der Waals surface area contributed by atoms with Gasteiger partial charge in [-0.2, -0.15) is 13.2 Å². The average Bonchev–Trinajstić information content (AvgIpc) is 2.65. The van der Waals surface area contributed by atoms with E-state index in [9.17, 15) is 13.2 Å². The van der Waals surface area contributed by atoms with E-state index < -0.39 is 11.7 Å². The Morgan fingerprint density at radius 1 is 1.37 bits per heavy atom. The largest absolute Gasteiger partial charge is 0.416 e. The van der Waals surface area contributed by atoms with Gasteiger partial charge in [0.2, 0.25) is 0 Å². The van der Waals surface area contributed by atoms with E-state index >= 15 is 0 Å². The highest BCUT2D eigenvalue weighted by atomic mass is 19.4. The maximum atomic E-state index is 12.7. The second kappa shape index (κ2) is 5.04. The quantitative estimate of drug-likeness (QED) is 0.909. The van der Waals surface area contributed by atoms with Crippen LogP contribution in [-0.2, 0) is 12.6 Å². The van der Waals surface area contributed by atoms with Crippen molar-refractivity contribution >= 4 is 5.69 Å². The van der Waals surface area contributed by atoms with Gasteiger partial charge in [-0.1, -0.05) is 0 Å². The Morgan fingerprint density at radius 3 is 2.58 bits per heavy atom. The van der Waals surface area contributed by atoms with Crippen LogP contribution in [0.25, 0.3) is 0 Å². The van der Waals surface area contributed by atoms with Crippen molar-refractivity contribution < 1.29 is 13.2 Å². The van der Waals surface area contributed by atoms with E-state index in [4.69, 9.17) is 0 Å². The highest BCUT2D eigenvalue weighted by molar-refractivity contribution is 5.61. The molecule has 5 heteroatoms. The normalized spacial score (nSPS) is 19.1. The van der Waals surface area contributed by atoms with Crippen LogP contribution in [0.4, 0.5) is 18.9 Å². The molecule has 19 heavy (non-hydrogen) atoms. The number of halogens is 3. The van der Waals surface area contributed by atoms with Crippen molar-refractivity contribution in [3.63, 3.8) is 0 Å². The SMILES string of the molecule is CNCC1Cc2cc(C(F)(F)F)ccc2N1C(C)C. The average molecular weight is 272 g/mol. The molecule has 0 aliphatic carbocycles. The number of nitrogens with zero attached hydrogens (tertiary/aromatic N) is 1. The van der Waals surface area contributed by atoms with Crippen LogP contribution in [0.15, 0.2) is 18.2 Å². The van der Waals surface area contributed by atoms with Gasteiger partial charge in [0.1, 0.15) is 0 Å². The third-order valence-electron chi connectivity index (χ3n) is 3.53. The number of anilines is 1. The van der Waals surface area contributed by atoms with Gasteiger partial charge >= 0.3 is 6.18 Å². The van der Waals surface area contributed by atoms with E-state index in [1.807, 2.05) is 7.05 Å². The molecule has 0 aromatic heterocycles. The van der Waals surface area contributed by atoms with Crippen LogP contribution in [0.5, 0.6) is 0 Å². The minimum atomic E-state index is -4.27. The first-order chi connectivity index (χ1) is 8.84. The molecular weight excluding hydrogens is 253 g/mol. The van der Waals surface area contributed by atoms with Gasteiger partial charge in [-0.05, 0) is 51.1 Å². The van der Waals surface area contributed by atoms with Crippen LogP contribution in [0.2, 0.25) is 0 Å². The first kappa shape index (κ1) is 14.2. The zero-order chi connectivity index (χ0) is 14.2. The van der Waals surface area contributed by atoms with Gasteiger partial charge in [-0.3, -0.25) is 0 Å². The van der Waals surface area contributed by atoms with Gasteiger partial charge < -0.3 is 10.2 Å². The molecule has 1 aromatic rings. The molecule has 1 atom stereocenters. The second-order valence-electron chi connectivity index (χ2n) is 5.26. The standard InChI is InChI=1S/C14H19F3N2/c1-9(2)19-12(8-18-3)7-10-6-11(14(15,16)17)4-5-13(10)19/h4-6,9,12,18H,7-8H2,1-3H3. The Labute approximate surface area is 111 Å². The van der Waals surface area contributed by atoms with Gasteiger partial charge in [0.05, 0.1) is 5.56 Å². The zero-order valence-electron chi connectivity index (χ0n) is 11.4. The molecule has 1 aromatic carbocycles. The van der Waals surface area contributed by atoms with Crippen LogP contribution in [0.3, 0.4) is 0 Å². The summed E-state index contributed by atoms with van der Waals surface area (Å²) in [5, 5.41) is 3.11. The van der Waals surface area contributed by atoms with Crippen molar-refractivity contribution in [2.24, 2.45) is 0 Å². The third-order valence-corrected chi connectivity index (χ3v) is 3.53. The number of hydrogen-bond donors (Lipinski definition) is 1. The summed E-state index contributed by atoms with van der Waals surface area (Å²) in [5.74, 6) is 0. The molecule has 0 saturated heterocycles. The van der Waals surface area contributed by atoms with Gasteiger partial charge in [0.25, 0.3) is 0 Å². The van der Waals surface area contributed by atoms with Crippen LogP contribution in [0.1, 0.15) is 25.0 Å². The fraction of sp³-hybridized carbons (Fsp3) is 0.571. The molecule has 1 unspecified atom stereocenters. The summed E-state index contributed by atoms with van der Waals surface area (Å²) in [7, 11) is 1.86. The van der Waals surface area contributed by atoms with Crippen molar-refractivity contribution in [3.05, 3.63) is 29.3 Å². The summed E-state index contributed by atoms with van der Waals surface area (Å²) < 4.78 is 38.2. The number of nitrogens with one attached hydrogen (secondary N) is 1. The second-order valence-corrected chi connectivity index (χ2v) is 5.26. The van der Waals surface area contributed by atoms with Crippen LogP contribution >= 0.6 is 0 Å². The van der Waals surface area contributed by atoms with Gasteiger partial charge in [-0.25, -0.2) is 0 Å². The molecule has 106 valence electrons. The Morgan fingerprint density at radius 2 is 2.05 bits per heavy atom. The topological polar surface area (TPSA) is 15.3 Å². The lowest BCUT2D eigenvalue weighted by Gasteiger charge is -2.31. The van der Waals surface area contributed by atoms with Crippen LogP contribution < -0.4 is 10.2 Å². The molecule has 2 nitrogen and oxygen atoms in total. The lowest BCUT2D eigenvalue weighted by Crippen LogP contribution is -2.43. The number of hydrogen-bond acceptors (Lipinski definition) is 2. The Hall–Kier alpha value is -1.23. The van der Waals surface area contributed by atoms with E-state index in [-0.39, 0.29) is 12.1 Å². The summed E-state index contributed by atoms with van der Waals surface area (Å²) >= 11 is 0. The Kier molecular flexibility index (Phi) is 3.76.